The van der Waals surface area contributed by atoms with E-state index in [-0.39, 0.29) is 11.6 Å². The minimum atomic E-state index is -0.833. The smallest absolute Gasteiger partial charge is 0.407 e. The van der Waals surface area contributed by atoms with Gasteiger partial charge in [-0.05, 0) is 81.2 Å². The summed E-state index contributed by atoms with van der Waals surface area (Å²) in [6.45, 7) is 5.84. The van der Waals surface area contributed by atoms with Gasteiger partial charge in [0.2, 0.25) is 0 Å². The lowest BCUT2D eigenvalue weighted by molar-refractivity contribution is 0.0556. The fraction of sp³-hybridized carbons (Fsp3) is 0.625. The molecule has 0 radical (unpaired) electrons. The predicted octanol–water partition coefficient (Wildman–Crippen LogP) is 4.84. The number of nitrogens with zero attached hydrogens (tertiary/aromatic N) is 2. The van der Waals surface area contributed by atoms with Gasteiger partial charge in [0.15, 0.2) is 0 Å². The quantitative estimate of drug-likeness (QED) is 0.510. The Hall–Kier alpha value is -0.760. The lowest BCUT2D eigenvalue weighted by Crippen LogP contribution is -2.52. The zero-order valence-corrected chi connectivity index (χ0v) is 16.6. The molecule has 0 aliphatic heterocycles. The number of aromatic nitrogens is 1. The summed E-state index contributed by atoms with van der Waals surface area (Å²) in [5.74, 6) is 0.788. The highest BCUT2D eigenvalue weighted by molar-refractivity contribution is 14.1. The number of nitrogens with one attached hydrogen (secondary N) is 1. The van der Waals surface area contributed by atoms with Crippen molar-refractivity contribution in [3.05, 3.63) is 20.9 Å². The third-order valence-electron chi connectivity index (χ3n) is 4.10. The van der Waals surface area contributed by atoms with Gasteiger partial charge in [-0.25, -0.2) is 9.78 Å². The standard InChI is InChI=1S/C16H23ClIN3O2/c1-16(2,3)21(15(22)23)12-6-4-11(5-7-12)19-14-9-10(18)8-13(17)20-14/h8-9,11-12H,4-7H2,1-3H3,(H,19,20)(H,22,23)/t11-,12-. The first kappa shape index (κ1) is 18.6. The van der Waals surface area contributed by atoms with E-state index < -0.39 is 6.09 Å². The average molecular weight is 452 g/mol. The molecule has 0 unspecified atom stereocenters. The third-order valence-corrected chi connectivity index (χ3v) is 4.92. The molecule has 7 heteroatoms. The molecule has 1 aromatic heterocycles. The molecule has 1 heterocycles. The normalized spacial score (nSPS) is 21.8. The van der Waals surface area contributed by atoms with Crippen molar-refractivity contribution in [1.82, 2.24) is 9.88 Å². The summed E-state index contributed by atoms with van der Waals surface area (Å²) in [4.78, 5) is 17.5. The van der Waals surface area contributed by atoms with E-state index in [1.54, 1.807) is 4.90 Å². The van der Waals surface area contributed by atoms with Gasteiger partial charge < -0.3 is 15.3 Å². The fourth-order valence-electron chi connectivity index (χ4n) is 3.22. The summed E-state index contributed by atoms with van der Waals surface area (Å²) in [7, 11) is 0. The van der Waals surface area contributed by atoms with Crippen molar-refractivity contribution in [2.24, 2.45) is 0 Å². The summed E-state index contributed by atoms with van der Waals surface area (Å²) >= 11 is 8.21. The molecule has 1 saturated carbocycles. The van der Waals surface area contributed by atoms with Crippen molar-refractivity contribution >= 4 is 46.1 Å². The lowest BCUT2D eigenvalue weighted by Gasteiger charge is -2.42. The molecule has 0 atom stereocenters. The number of amides is 1. The molecule has 0 bridgehead atoms. The van der Waals surface area contributed by atoms with Crippen LogP contribution in [-0.4, -0.2) is 38.7 Å². The maximum Gasteiger partial charge on any atom is 0.407 e. The Balaban J connectivity index is 1.96. The molecule has 0 spiro atoms. The fourth-order valence-corrected chi connectivity index (χ4v) is 4.20. The molecule has 1 aromatic rings. The van der Waals surface area contributed by atoms with E-state index >= 15 is 0 Å². The predicted molar refractivity (Wildman–Crippen MR) is 101 cm³/mol. The highest BCUT2D eigenvalue weighted by Gasteiger charge is 2.35. The molecule has 1 aliphatic rings. The molecule has 5 nitrogen and oxygen atoms in total. The molecule has 23 heavy (non-hydrogen) atoms. The van der Waals surface area contributed by atoms with Gasteiger partial charge in [-0.3, -0.25) is 0 Å². The average Bonchev–Trinajstić information content (AvgIpc) is 2.37. The number of rotatable bonds is 3. The molecular formula is C16H23ClIN3O2. The maximum absolute atomic E-state index is 11.6. The van der Waals surface area contributed by atoms with Crippen LogP contribution in [0.3, 0.4) is 0 Å². The minimum Gasteiger partial charge on any atom is -0.465 e. The van der Waals surface area contributed by atoms with Crippen molar-refractivity contribution in [1.29, 1.82) is 0 Å². The van der Waals surface area contributed by atoms with Crippen molar-refractivity contribution in [3.63, 3.8) is 0 Å². The van der Waals surface area contributed by atoms with Crippen LogP contribution in [0.5, 0.6) is 0 Å². The number of anilines is 1. The number of hydrogen-bond acceptors (Lipinski definition) is 3. The maximum atomic E-state index is 11.6. The van der Waals surface area contributed by atoms with Gasteiger partial charge in [0, 0.05) is 21.2 Å². The molecular weight excluding hydrogens is 429 g/mol. The number of carbonyl (C=O) groups is 1. The SMILES string of the molecule is CC(C)(C)N(C(=O)O)[C@H]1CC[C@H](Nc2cc(I)cc(Cl)n2)CC1. The Bertz CT molecular complexity index is 549. The van der Waals surface area contributed by atoms with E-state index in [1.807, 2.05) is 32.9 Å². The Morgan fingerprint density at radius 1 is 1.35 bits per heavy atom. The lowest BCUT2D eigenvalue weighted by atomic mass is 9.88. The molecule has 1 amide bonds. The molecule has 0 saturated heterocycles. The second-order valence-corrected chi connectivity index (χ2v) is 8.60. The van der Waals surface area contributed by atoms with Crippen LogP contribution in [0.15, 0.2) is 12.1 Å². The van der Waals surface area contributed by atoms with E-state index in [4.69, 9.17) is 11.6 Å². The second-order valence-electron chi connectivity index (χ2n) is 6.97. The Morgan fingerprint density at radius 3 is 2.43 bits per heavy atom. The second kappa shape index (κ2) is 7.42. The van der Waals surface area contributed by atoms with Gasteiger partial charge in [0.25, 0.3) is 0 Å². The van der Waals surface area contributed by atoms with Crippen LogP contribution in [-0.2, 0) is 0 Å². The van der Waals surface area contributed by atoms with E-state index in [9.17, 15) is 9.90 Å². The van der Waals surface area contributed by atoms with Crippen LogP contribution in [0.2, 0.25) is 5.15 Å². The topological polar surface area (TPSA) is 65.5 Å². The summed E-state index contributed by atoms with van der Waals surface area (Å²) in [6, 6.07) is 4.18. The van der Waals surface area contributed by atoms with Crippen LogP contribution in [0, 0.1) is 3.57 Å². The van der Waals surface area contributed by atoms with Gasteiger partial charge in [-0.1, -0.05) is 11.6 Å². The van der Waals surface area contributed by atoms with Crippen LogP contribution in [0.25, 0.3) is 0 Å². The monoisotopic (exact) mass is 451 g/mol. The first-order valence-corrected chi connectivity index (χ1v) is 9.24. The van der Waals surface area contributed by atoms with Crippen molar-refractivity contribution in [3.8, 4) is 0 Å². The van der Waals surface area contributed by atoms with Crippen molar-refractivity contribution in [2.75, 3.05) is 5.32 Å². The molecule has 2 N–H and O–H groups in total. The van der Waals surface area contributed by atoms with E-state index in [0.29, 0.717) is 11.2 Å². The van der Waals surface area contributed by atoms with E-state index in [2.05, 4.69) is 32.9 Å². The molecule has 1 fully saturated rings. The first-order valence-electron chi connectivity index (χ1n) is 7.78. The molecule has 128 valence electrons. The minimum absolute atomic E-state index is 0.0815. The Kier molecular flexibility index (Phi) is 5.99. The number of hydrogen-bond donors (Lipinski definition) is 2. The van der Waals surface area contributed by atoms with Gasteiger partial charge in [-0.2, -0.15) is 0 Å². The Labute approximate surface area is 155 Å². The van der Waals surface area contributed by atoms with E-state index in [1.165, 1.54) is 0 Å². The molecule has 2 rings (SSSR count). The Morgan fingerprint density at radius 2 is 1.96 bits per heavy atom. The number of pyridine rings is 1. The largest absolute Gasteiger partial charge is 0.465 e. The summed E-state index contributed by atoms with van der Waals surface area (Å²) < 4.78 is 1.04. The summed E-state index contributed by atoms with van der Waals surface area (Å²) in [5, 5.41) is 13.4. The van der Waals surface area contributed by atoms with Crippen LogP contribution < -0.4 is 5.32 Å². The number of carboxylic acid groups (broad SMARTS) is 1. The zero-order valence-electron chi connectivity index (χ0n) is 13.6. The third kappa shape index (κ3) is 5.11. The summed E-state index contributed by atoms with van der Waals surface area (Å²) in [6.07, 6.45) is 2.74. The number of halogens is 2. The highest BCUT2D eigenvalue weighted by atomic mass is 127. The van der Waals surface area contributed by atoms with Crippen LogP contribution in [0.1, 0.15) is 46.5 Å². The van der Waals surface area contributed by atoms with Crippen molar-refractivity contribution < 1.29 is 9.90 Å². The van der Waals surface area contributed by atoms with Crippen molar-refractivity contribution in [2.45, 2.75) is 64.1 Å². The van der Waals surface area contributed by atoms with Gasteiger partial charge in [0.1, 0.15) is 11.0 Å². The van der Waals surface area contributed by atoms with Gasteiger partial charge >= 0.3 is 6.09 Å². The highest BCUT2D eigenvalue weighted by Crippen LogP contribution is 2.30. The van der Waals surface area contributed by atoms with E-state index in [0.717, 1.165) is 35.1 Å². The molecule has 1 aliphatic carbocycles. The zero-order chi connectivity index (χ0) is 17.2. The van der Waals surface area contributed by atoms with Gasteiger partial charge in [-0.15, -0.1) is 0 Å². The summed E-state index contributed by atoms with van der Waals surface area (Å²) in [5.41, 5.74) is -0.374. The van der Waals surface area contributed by atoms with Gasteiger partial charge in [0.05, 0.1) is 0 Å². The molecule has 0 aromatic carbocycles. The van der Waals surface area contributed by atoms with Crippen LogP contribution in [0.4, 0.5) is 10.6 Å². The van der Waals surface area contributed by atoms with Crippen LogP contribution >= 0.6 is 34.2 Å². The first-order chi connectivity index (χ1) is 10.7.